The van der Waals surface area contributed by atoms with Crippen LogP contribution in [-0.4, -0.2) is 76.8 Å². The molecule has 3 aromatic carbocycles. The van der Waals surface area contributed by atoms with E-state index in [0.29, 0.717) is 52.3 Å². The molecule has 0 aliphatic heterocycles. The van der Waals surface area contributed by atoms with Crippen LogP contribution in [0.4, 0.5) is 0 Å². The predicted molar refractivity (Wildman–Crippen MR) is 220 cm³/mol. The molecule has 0 saturated heterocycles. The summed E-state index contributed by atoms with van der Waals surface area (Å²) >= 11 is 0. The second kappa shape index (κ2) is 23.3. The lowest BCUT2D eigenvalue weighted by Gasteiger charge is -2.24. The van der Waals surface area contributed by atoms with E-state index in [2.05, 4.69) is 40.9 Å². The Kier molecular flexibility index (Phi) is 19.3. The van der Waals surface area contributed by atoms with Gasteiger partial charge in [0.1, 0.15) is 24.7 Å². The summed E-state index contributed by atoms with van der Waals surface area (Å²) < 4.78 is 71.3. The van der Waals surface area contributed by atoms with E-state index in [1.807, 2.05) is 12.1 Å². The quantitative estimate of drug-likeness (QED) is 0.0341. The fourth-order valence-electron chi connectivity index (χ4n) is 6.17. The molecule has 0 saturated carbocycles. The number of rotatable bonds is 27. The van der Waals surface area contributed by atoms with Crippen LogP contribution < -0.4 is 9.47 Å². The van der Waals surface area contributed by atoms with E-state index in [4.69, 9.17) is 28.4 Å². The maximum atomic E-state index is 12.7. The molecule has 0 spiro atoms. The van der Waals surface area contributed by atoms with Crippen molar-refractivity contribution >= 4 is 43.6 Å². The molecule has 4 atom stereocenters. The number of hydrogen-bond donors (Lipinski definition) is 1. The van der Waals surface area contributed by atoms with Crippen molar-refractivity contribution in [2.24, 2.45) is 11.8 Å². The molecule has 56 heavy (non-hydrogen) atoms. The SMILES string of the molecule is C=C(C)C(=O)OC(COCC(CC)CCCC)COc1c2ccccc2c(OCC(COCC(CC)CCCC)OC(=O)C(=C)C)c2cc(S(=O)(=O)O)ccc12. The van der Waals surface area contributed by atoms with Gasteiger partial charge in [0.2, 0.25) is 0 Å². The van der Waals surface area contributed by atoms with Crippen molar-refractivity contribution in [3.63, 3.8) is 0 Å². The number of ether oxygens (including phenoxy) is 6. The highest BCUT2D eigenvalue weighted by atomic mass is 32.2. The van der Waals surface area contributed by atoms with E-state index in [9.17, 15) is 22.6 Å². The van der Waals surface area contributed by atoms with E-state index in [1.54, 1.807) is 26.0 Å². The number of fused-ring (bicyclic) bond motifs is 2. The standard InChI is InChI=1S/C44H62O11S/c1-9-13-17-32(11-3)24-50-26-34(54-43(45)30(5)6)28-52-41-37-19-15-16-20-38(37)42(40-23-36(56(47,48)49)21-22-39(40)41)53-29-35(55-44(46)31(7)8)27-51-25-33(12-4)18-14-10-2/h15-16,19-23,32-35H,5,7,9-14,17-18,24-29H2,1-4,6,8H3,(H,47,48,49). The molecule has 0 bridgehead atoms. The summed E-state index contributed by atoms with van der Waals surface area (Å²) in [6, 6.07) is 11.4. The Morgan fingerprint density at radius 2 is 1.07 bits per heavy atom. The van der Waals surface area contributed by atoms with Crippen molar-refractivity contribution in [3.05, 3.63) is 66.8 Å². The first-order valence-corrected chi connectivity index (χ1v) is 21.3. The first kappa shape index (κ1) is 46.4. The normalized spacial score (nSPS) is 13.8. The molecule has 0 amide bonds. The third-order valence-electron chi connectivity index (χ3n) is 9.67. The van der Waals surface area contributed by atoms with E-state index >= 15 is 0 Å². The molecule has 4 unspecified atom stereocenters. The molecular weight excluding hydrogens is 737 g/mol. The topological polar surface area (TPSA) is 144 Å². The molecule has 0 aromatic heterocycles. The largest absolute Gasteiger partial charge is 0.488 e. The van der Waals surface area contributed by atoms with Crippen LogP contribution >= 0.6 is 0 Å². The van der Waals surface area contributed by atoms with Gasteiger partial charge in [0.15, 0.2) is 12.2 Å². The van der Waals surface area contributed by atoms with Gasteiger partial charge in [0.05, 0.1) is 18.1 Å². The highest BCUT2D eigenvalue weighted by Gasteiger charge is 2.24. The van der Waals surface area contributed by atoms with Crippen molar-refractivity contribution in [2.45, 2.75) is 110 Å². The second-order valence-corrected chi connectivity index (χ2v) is 16.0. The molecule has 1 N–H and O–H groups in total. The Morgan fingerprint density at radius 3 is 1.46 bits per heavy atom. The maximum Gasteiger partial charge on any atom is 0.333 e. The second-order valence-electron chi connectivity index (χ2n) is 14.5. The Labute approximate surface area is 333 Å². The average molecular weight is 799 g/mol. The van der Waals surface area contributed by atoms with Crippen molar-refractivity contribution < 1.29 is 51.0 Å². The lowest BCUT2D eigenvalue weighted by Crippen LogP contribution is -2.31. The summed E-state index contributed by atoms with van der Waals surface area (Å²) in [5.74, 6) is 0.229. The zero-order valence-electron chi connectivity index (χ0n) is 34.1. The molecule has 3 aromatic rings. The van der Waals surface area contributed by atoms with Crippen molar-refractivity contribution in [3.8, 4) is 11.5 Å². The fraction of sp³-hybridized carbons (Fsp3) is 0.545. The van der Waals surface area contributed by atoms with Gasteiger partial charge in [-0.05, 0) is 56.7 Å². The van der Waals surface area contributed by atoms with Crippen molar-refractivity contribution in [2.75, 3.05) is 39.6 Å². The molecule has 3 rings (SSSR count). The van der Waals surface area contributed by atoms with E-state index in [0.717, 1.165) is 51.4 Å². The van der Waals surface area contributed by atoms with Gasteiger partial charge in [-0.1, -0.05) is 104 Å². The number of esters is 2. The Hall–Kier alpha value is -3.97. The number of carbonyl (C=O) groups excluding carboxylic acids is 2. The summed E-state index contributed by atoms with van der Waals surface area (Å²) in [4.78, 5) is 25.0. The van der Waals surface area contributed by atoms with Crippen LogP contribution in [0.2, 0.25) is 0 Å². The molecule has 0 radical (unpaired) electrons. The predicted octanol–water partition coefficient (Wildman–Crippen LogP) is 9.44. The van der Waals surface area contributed by atoms with Crippen LogP contribution in [0.1, 0.15) is 92.9 Å². The minimum absolute atomic E-state index is 0.0684. The molecule has 0 fully saturated rings. The summed E-state index contributed by atoms with van der Waals surface area (Å²) in [5, 5.41) is 1.97. The van der Waals surface area contributed by atoms with Crippen LogP contribution in [0.5, 0.6) is 11.5 Å². The van der Waals surface area contributed by atoms with Gasteiger partial charge in [-0.2, -0.15) is 8.42 Å². The van der Waals surface area contributed by atoms with Crippen molar-refractivity contribution in [1.82, 2.24) is 0 Å². The van der Waals surface area contributed by atoms with Gasteiger partial charge in [0, 0.05) is 45.9 Å². The van der Waals surface area contributed by atoms with Gasteiger partial charge in [-0.25, -0.2) is 9.59 Å². The summed E-state index contributed by atoms with van der Waals surface area (Å²) in [6.07, 6.45) is 6.76. The zero-order valence-corrected chi connectivity index (χ0v) is 34.9. The first-order chi connectivity index (χ1) is 26.7. The third kappa shape index (κ3) is 14.2. The van der Waals surface area contributed by atoms with Gasteiger partial charge in [-0.15, -0.1) is 0 Å². The van der Waals surface area contributed by atoms with E-state index < -0.39 is 34.3 Å². The minimum atomic E-state index is -4.61. The van der Waals surface area contributed by atoms with Crippen LogP contribution in [0.15, 0.2) is 71.7 Å². The number of unbranched alkanes of at least 4 members (excludes halogenated alkanes) is 2. The highest BCUT2D eigenvalue weighted by Crippen LogP contribution is 2.44. The zero-order chi connectivity index (χ0) is 41.3. The van der Waals surface area contributed by atoms with Crippen LogP contribution in [0.25, 0.3) is 21.5 Å². The fourth-order valence-corrected chi connectivity index (χ4v) is 6.67. The van der Waals surface area contributed by atoms with Gasteiger partial charge < -0.3 is 28.4 Å². The van der Waals surface area contributed by atoms with E-state index in [-0.39, 0.29) is 48.2 Å². The Balaban J connectivity index is 2.02. The first-order valence-electron chi connectivity index (χ1n) is 19.8. The lowest BCUT2D eigenvalue weighted by molar-refractivity contribution is -0.150. The van der Waals surface area contributed by atoms with Crippen molar-refractivity contribution in [1.29, 1.82) is 0 Å². The summed E-state index contributed by atoms with van der Waals surface area (Å²) in [5.41, 5.74) is 0.456. The average Bonchev–Trinajstić information content (AvgIpc) is 3.17. The lowest BCUT2D eigenvalue weighted by atomic mass is 10.0. The monoisotopic (exact) mass is 798 g/mol. The van der Waals surface area contributed by atoms with Crippen LogP contribution in [0.3, 0.4) is 0 Å². The molecule has 11 nitrogen and oxygen atoms in total. The Morgan fingerprint density at radius 1 is 0.643 bits per heavy atom. The molecule has 12 heteroatoms. The molecule has 0 aliphatic rings. The number of carbonyl (C=O) groups is 2. The molecular formula is C44H62O11S. The molecule has 0 heterocycles. The molecule has 310 valence electrons. The molecule has 0 aliphatic carbocycles. The number of benzene rings is 3. The smallest absolute Gasteiger partial charge is 0.333 e. The maximum absolute atomic E-state index is 12.7. The number of hydrogen-bond acceptors (Lipinski definition) is 10. The van der Waals surface area contributed by atoms with Gasteiger partial charge in [-0.3, -0.25) is 4.55 Å². The third-order valence-corrected chi connectivity index (χ3v) is 10.5. The van der Waals surface area contributed by atoms with E-state index in [1.165, 1.54) is 18.2 Å². The van der Waals surface area contributed by atoms with Gasteiger partial charge >= 0.3 is 11.9 Å². The van der Waals surface area contributed by atoms with Crippen LogP contribution in [0, 0.1) is 11.8 Å². The Bertz CT molecular complexity index is 1870. The summed E-state index contributed by atoms with van der Waals surface area (Å²) in [6.45, 7) is 20.1. The minimum Gasteiger partial charge on any atom is -0.488 e. The van der Waals surface area contributed by atoms with Crippen LogP contribution in [-0.2, 0) is 38.7 Å². The van der Waals surface area contributed by atoms with Gasteiger partial charge in [0.25, 0.3) is 10.1 Å². The highest BCUT2D eigenvalue weighted by molar-refractivity contribution is 7.85. The summed E-state index contributed by atoms with van der Waals surface area (Å²) in [7, 11) is -4.61.